The topological polar surface area (TPSA) is 265 Å². The predicted octanol–water partition coefficient (Wildman–Crippen LogP) is 6.04. The summed E-state index contributed by atoms with van der Waals surface area (Å²) in [5.41, 5.74) is -4.29. The summed E-state index contributed by atoms with van der Waals surface area (Å²) in [6.07, 6.45) is 4.13. The predicted molar refractivity (Wildman–Crippen MR) is 237 cm³/mol. The van der Waals surface area contributed by atoms with Gasteiger partial charge in [0, 0.05) is 51.4 Å². The molecule has 0 spiro atoms. The first-order valence-corrected chi connectivity index (χ1v) is 22.5. The molecule has 0 aliphatic rings. The number of anilines is 1. The maximum atomic E-state index is 14.5. The number of hydrogen-bond donors (Lipinski definition) is 4. The molecule has 2 aromatic heterocycles. The molecule has 0 aliphatic carbocycles. The molecule has 0 fully saturated rings. The third kappa shape index (κ3) is 11.3. The molecule has 22 heteroatoms. The van der Waals surface area contributed by atoms with E-state index in [1.807, 2.05) is 0 Å². The highest BCUT2D eigenvalue weighted by molar-refractivity contribution is 7.89. The van der Waals surface area contributed by atoms with Gasteiger partial charge in [0.1, 0.15) is 0 Å². The monoisotopic (exact) mass is 900 g/mol. The van der Waals surface area contributed by atoms with Gasteiger partial charge in [-0.3, -0.25) is 36.7 Å². The summed E-state index contributed by atoms with van der Waals surface area (Å²) in [6, 6.07) is 7.19. The second-order valence-corrected chi connectivity index (χ2v) is 18.7. The molecule has 0 amide bonds. The number of aromatic nitrogens is 4. The molecule has 0 aliphatic heterocycles. The van der Waals surface area contributed by atoms with Crippen molar-refractivity contribution in [2.45, 2.75) is 97.0 Å². The van der Waals surface area contributed by atoms with Crippen LogP contribution >= 0.6 is 0 Å². The number of azo groups is 2. The zero-order valence-electron chi connectivity index (χ0n) is 36.6. The van der Waals surface area contributed by atoms with Gasteiger partial charge in [-0.15, -0.1) is 10.2 Å². The third-order valence-electron chi connectivity index (χ3n) is 10.3. The quantitative estimate of drug-likeness (QED) is 0.0626. The standard InChI is InChI=1S/C40H56N10O10S2/c1-23(2)13-11-15-25(5)45-62(59,60)32-22-28(42-44-34-37(53)48(9)40(56)49(10)38(34)54)18-20-30(32)29-19-17-27(41-43-33-35(51)46(7)39(55)47(8)36(33)52)21-31(29)50(61(57)58)26(6)16-12-14-24(3)4/h17-26,45,51,53H,11-16H2,1-10H3,(H,57,58). The van der Waals surface area contributed by atoms with Crippen LogP contribution in [0.25, 0.3) is 11.1 Å². The van der Waals surface area contributed by atoms with Crippen LogP contribution in [-0.2, 0) is 49.5 Å². The molecular formula is C40H56N10O10S2. The van der Waals surface area contributed by atoms with Crippen LogP contribution < -0.4 is 31.5 Å². The van der Waals surface area contributed by atoms with E-state index in [1.54, 1.807) is 13.8 Å². The summed E-state index contributed by atoms with van der Waals surface area (Å²) in [7, 11) is 0.468. The van der Waals surface area contributed by atoms with Gasteiger partial charge in [-0.25, -0.2) is 26.9 Å². The van der Waals surface area contributed by atoms with Crippen LogP contribution in [0.2, 0.25) is 0 Å². The molecule has 4 aromatic rings. The fraction of sp³-hybridized carbons (Fsp3) is 0.500. The van der Waals surface area contributed by atoms with Gasteiger partial charge in [0.15, 0.2) is 0 Å². The Labute approximate surface area is 361 Å². The largest absolute Gasteiger partial charge is 0.493 e. The minimum absolute atomic E-state index is 0.0364. The van der Waals surface area contributed by atoms with Crippen molar-refractivity contribution in [3.8, 4) is 22.9 Å². The summed E-state index contributed by atoms with van der Waals surface area (Å²) in [5, 5.41) is 37.2. The number of aromatic hydroxyl groups is 2. The average Bonchev–Trinajstić information content (AvgIpc) is 3.20. The fourth-order valence-corrected chi connectivity index (χ4v) is 8.92. The first-order valence-electron chi connectivity index (χ1n) is 20.0. The van der Waals surface area contributed by atoms with E-state index in [0.29, 0.717) is 31.1 Å². The van der Waals surface area contributed by atoms with Crippen LogP contribution in [0.1, 0.15) is 80.1 Å². The lowest BCUT2D eigenvalue weighted by Crippen LogP contribution is -2.36. The van der Waals surface area contributed by atoms with E-state index in [2.05, 4.69) is 52.9 Å². The van der Waals surface area contributed by atoms with Gasteiger partial charge in [0.05, 0.1) is 22.0 Å². The summed E-state index contributed by atoms with van der Waals surface area (Å²) >= 11 is -2.68. The van der Waals surface area contributed by atoms with Crippen molar-refractivity contribution in [1.82, 2.24) is 23.0 Å². The van der Waals surface area contributed by atoms with Crippen LogP contribution in [0.3, 0.4) is 0 Å². The molecule has 338 valence electrons. The number of sulfonamides is 1. The third-order valence-corrected chi connectivity index (χ3v) is 12.8. The molecule has 2 aromatic carbocycles. The minimum Gasteiger partial charge on any atom is -0.493 e. The van der Waals surface area contributed by atoms with Gasteiger partial charge >= 0.3 is 11.4 Å². The van der Waals surface area contributed by atoms with E-state index < -0.39 is 79.0 Å². The van der Waals surface area contributed by atoms with Crippen molar-refractivity contribution in [3.05, 3.63) is 78.1 Å². The van der Waals surface area contributed by atoms with E-state index in [-0.39, 0.29) is 33.1 Å². The van der Waals surface area contributed by atoms with Crippen molar-refractivity contribution in [2.24, 2.45) is 60.5 Å². The first kappa shape index (κ1) is 49.1. The fourth-order valence-electron chi connectivity index (χ4n) is 6.67. The summed E-state index contributed by atoms with van der Waals surface area (Å²) in [4.78, 5) is 50.1. The average molecular weight is 901 g/mol. The van der Waals surface area contributed by atoms with E-state index >= 15 is 0 Å². The smallest absolute Gasteiger partial charge is 0.333 e. The van der Waals surface area contributed by atoms with Crippen LogP contribution in [0, 0.1) is 11.8 Å². The van der Waals surface area contributed by atoms with Crippen molar-refractivity contribution in [3.63, 3.8) is 0 Å². The zero-order chi connectivity index (χ0) is 46.4. The SMILES string of the molecule is CC(C)CCCC(C)NS(=O)(=O)c1cc(N=Nc2c(O)n(C)c(=O)n(C)c2=O)ccc1-c1ccc(N=Nc2c(O)n(C)c(=O)n(C)c2=O)cc1N(C(C)CCCC(C)C)S(=O)O. The Kier molecular flexibility index (Phi) is 16.2. The van der Waals surface area contributed by atoms with Gasteiger partial charge in [0.2, 0.25) is 33.2 Å². The summed E-state index contributed by atoms with van der Waals surface area (Å²) in [6.45, 7) is 11.7. The number of benzene rings is 2. The Morgan fingerprint density at radius 2 is 1.11 bits per heavy atom. The van der Waals surface area contributed by atoms with Gasteiger partial charge in [-0.05, 0) is 62.8 Å². The van der Waals surface area contributed by atoms with Crippen molar-refractivity contribution < 1.29 is 27.4 Å². The van der Waals surface area contributed by atoms with E-state index in [4.69, 9.17) is 0 Å². The summed E-state index contributed by atoms with van der Waals surface area (Å²) in [5.74, 6) is -0.723. The maximum absolute atomic E-state index is 14.5. The van der Waals surface area contributed by atoms with Gasteiger partial charge in [-0.1, -0.05) is 65.5 Å². The second-order valence-electron chi connectivity index (χ2n) is 16.1. The highest BCUT2D eigenvalue weighted by Crippen LogP contribution is 2.41. The van der Waals surface area contributed by atoms with Crippen LogP contribution in [0.5, 0.6) is 11.8 Å². The molecule has 4 N–H and O–H groups in total. The lowest BCUT2D eigenvalue weighted by atomic mass is 10.0. The molecule has 0 radical (unpaired) electrons. The minimum atomic E-state index is -4.42. The highest BCUT2D eigenvalue weighted by atomic mass is 32.2. The molecule has 3 atom stereocenters. The van der Waals surface area contributed by atoms with Crippen LogP contribution in [0.4, 0.5) is 28.4 Å². The Hall–Kier alpha value is -5.58. The van der Waals surface area contributed by atoms with E-state index in [9.17, 15) is 46.6 Å². The van der Waals surface area contributed by atoms with Crippen molar-refractivity contribution >= 4 is 49.7 Å². The molecule has 4 rings (SSSR count). The van der Waals surface area contributed by atoms with E-state index in [1.165, 1.54) is 68.9 Å². The Morgan fingerprint density at radius 1 is 0.661 bits per heavy atom. The van der Waals surface area contributed by atoms with Crippen LogP contribution in [-0.4, -0.2) is 57.7 Å². The van der Waals surface area contributed by atoms with Crippen LogP contribution in [0.15, 0.2) is 80.9 Å². The van der Waals surface area contributed by atoms with Gasteiger partial charge in [0.25, 0.3) is 22.4 Å². The molecule has 20 nitrogen and oxygen atoms in total. The number of nitrogens with zero attached hydrogens (tertiary/aromatic N) is 9. The molecule has 0 bridgehead atoms. The molecule has 2 heterocycles. The van der Waals surface area contributed by atoms with Crippen molar-refractivity contribution in [2.75, 3.05) is 4.31 Å². The zero-order valence-corrected chi connectivity index (χ0v) is 38.2. The Bertz CT molecular complexity index is 2740. The Balaban J connectivity index is 2.00. The number of rotatable bonds is 19. The summed E-state index contributed by atoms with van der Waals surface area (Å²) < 4.78 is 60.2. The van der Waals surface area contributed by atoms with E-state index in [0.717, 1.165) is 37.5 Å². The number of nitrogens with one attached hydrogen (secondary N) is 1. The van der Waals surface area contributed by atoms with Crippen molar-refractivity contribution in [1.29, 1.82) is 0 Å². The molecule has 0 saturated heterocycles. The van der Waals surface area contributed by atoms with Gasteiger partial charge in [-0.2, -0.15) is 10.2 Å². The lowest BCUT2D eigenvalue weighted by Gasteiger charge is -2.30. The maximum Gasteiger partial charge on any atom is 0.333 e. The molecule has 62 heavy (non-hydrogen) atoms. The lowest BCUT2D eigenvalue weighted by molar-refractivity contribution is 0.413. The normalized spacial score (nSPS) is 13.8. The number of hydrogen-bond acceptors (Lipinski definition) is 13. The molecular weight excluding hydrogens is 845 g/mol. The highest BCUT2D eigenvalue weighted by Gasteiger charge is 2.29. The molecule has 3 unspecified atom stereocenters. The first-order chi connectivity index (χ1) is 29.0. The molecule has 0 saturated carbocycles. The Morgan fingerprint density at radius 3 is 1.58 bits per heavy atom. The van der Waals surface area contributed by atoms with Gasteiger partial charge < -0.3 is 10.2 Å². The second kappa shape index (κ2) is 20.5.